The molecule has 0 radical (unpaired) electrons. The third kappa shape index (κ3) is 7.65. The Hall–Kier alpha value is 0.182. The number of rotatable bonds is 3. The number of aryl methyl sites for hydroxylation is 5. The molecule has 30 heavy (non-hydrogen) atoms. The monoisotopic (exact) mass is 564 g/mol. The van der Waals surface area contributed by atoms with Gasteiger partial charge >= 0.3 is 68.9 Å². The van der Waals surface area contributed by atoms with E-state index in [9.17, 15) is 0 Å². The number of hydrogen-bond acceptors (Lipinski definition) is 2. The first kappa shape index (κ1) is 30.2. The van der Waals surface area contributed by atoms with E-state index in [1.54, 1.807) is 0 Å². The average Bonchev–Trinajstić information content (AvgIpc) is 3.09. The van der Waals surface area contributed by atoms with Crippen molar-refractivity contribution in [2.24, 2.45) is 0 Å². The third-order valence-corrected chi connectivity index (χ3v) is 6.15. The van der Waals surface area contributed by atoms with Crippen molar-refractivity contribution in [3.8, 4) is 18.1 Å². The molecule has 1 heterocycles. The van der Waals surface area contributed by atoms with Crippen LogP contribution in [0.25, 0.3) is 11.0 Å². The van der Waals surface area contributed by atoms with E-state index in [4.69, 9.17) is 15.6 Å². The Labute approximate surface area is 243 Å². The van der Waals surface area contributed by atoms with Crippen LogP contribution in [-0.4, -0.2) is 6.10 Å². The van der Waals surface area contributed by atoms with E-state index in [1.165, 1.54) is 32.9 Å². The molecule has 2 nitrogen and oxygen atoms in total. The summed E-state index contributed by atoms with van der Waals surface area (Å²) in [4.78, 5) is 0. The minimum Gasteiger partial charge on any atom is -1.00 e. The number of ether oxygens (including phenoxy) is 1. The van der Waals surface area contributed by atoms with Crippen LogP contribution in [0.3, 0.4) is 0 Å². The first-order valence-corrected chi connectivity index (χ1v) is 10.6. The van der Waals surface area contributed by atoms with E-state index < -0.39 is 0 Å². The van der Waals surface area contributed by atoms with E-state index >= 15 is 0 Å². The Bertz CT molecular complexity index is 1040. The molecule has 2 aromatic carbocycles. The van der Waals surface area contributed by atoms with E-state index in [2.05, 4.69) is 70.3 Å². The molecule has 156 valence electrons. The van der Waals surface area contributed by atoms with Gasteiger partial charge in [-0.25, -0.2) is 0 Å². The van der Waals surface area contributed by atoms with Crippen molar-refractivity contribution in [2.75, 3.05) is 0 Å². The molecule has 0 aliphatic heterocycles. The normalized spacial score (nSPS) is 10.8. The van der Waals surface area contributed by atoms with Gasteiger partial charge in [0.2, 0.25) is 0 Å². The fraction of sp³-hybridized carbons (Fsp3) is 0.333. The maximum Gasteiger partial charge on any atom is 1.00 e. The summed E-state index contributed by atoms with van der Waals surface area (Å²) in [6.07, 6.45) is 6.04. The minimum absolute atomic E-state index is 0. The molecule has 0 aliphatic rings. The van der Waals surface area contributed by atoms with E-state index in [-0.39, 0.29) is 79.7 Å². The molecule has 3 rings (SSSR count). The van der Waals surface area contributed by atoms with E-state index in [0.717, 1.165) is 28.8 Å². The van der Waals surface area contributed by atoms with Crippen molar-refractivity contribution < 1.29 is 82.8 Å². The molecular formula is C24H30CsFO2P2. The summed E-state index contributed by atoms with van der Waals surface area (Å²) in [6.45, 7) is 12.3. The molecule has 0 fully saturated rings. The van der Waals surface area contributed by atoms with Crippen molar-refractivity contribution in [3.05, 3.63) is 52.3 Å². The topological polar surface area (TPSA) is 22.4 Å². The predicted octanol–water partition coefficient (Wildman–Crippen LogP) is -0.675. The number of hydrogen-bond donors (Lipinski definition) is 0. The van der Waals surface area contributed by atoms with Crippen LogP contribution in [0, 0.1) is 40.0 Å². The van der Waals surface area contributed by atoms with Gasteiger partial charge in [-0.2, -0.15) is 0 Å². The van der Waals surface area contributed by atoms with Gasteiger partial charge in [0.15, 0.2) is 6.10 Å². The summed E-state index contributed by atoms with van der Waals surface area (Å²) in [7, 11) is 5.45. The SMILES string of the molecule is C#CC(C)Oc1cc(C)cc(C)c1P.CCc1cc2c(C)cc(C)c(P)c2o1.[Cs+].[F-]. The Morgan fingerprint density at radius 1 is 1.00 bits per heavy atom. The number of furan rings is 1. The van der Waals surface area contributed by atoms with Crippen molar-refractivity contribution in [1.29, 1.82) is 0 Å². The van der Waals surface area contributed by atoms with Gasteiger partial charge in [0.25, 0.3) is 0 Å². The summed E-state index contributed by atoms with van der Waals surface area (Å²) < 4.78 is 11.4. The second-order valence-electron chi connectivity index (χ2n) is 7.15. The average molecular weight is 564 g/mol. The van der Waals surface area contributed by atoms with Gasteiger partial charge in [0, 0.05) is 22.4 Å². The van der Waals surface area contributed by atoms with Crippen molar-refractivity contribution >= 4 is 40.1 Å². The summed E-state index contributed by atoms with van der Waals surface area (Å²) in [5.41, 5.74) is 6.00. The molecule has 1 aromatic heterocycles. The quantitative estimate of drug-likeness (QED) is 0.311. The first-order valence-electron chi connectivity index (χ1n) is 9.45. The van der Waals surface area contributed by atoms with Crippen LogP contribution in [0.1, 0.15) is 41.9 Å². The van der Waals surface area contributed by atoms with Gasteiger partial charge < -0.3 is 13.9 Å². The van der Waals surface area contributed by atoms with Crippen LogP contribution in [0.15, 0.2) is 28.7 Å². The fourth-order valence-corrected chi connectivity index (χ4v) is 3.56. The van der Waals surface area contributed by atoms with Crippen molar-refractivity contribution in [1.82, 2.24) is 0 Å². The molecule has 3 atom stereocenters. The molecule has 0 saturated heterocycles. The predicted molar refractivity (Wildman–Crippen MR) is 129 cm³/mol. The molecular weight excluding hydrogens is 534 g/mol. The summed E-state index contributed by atoms with van der Waals surface area (Å²) in [6, 6.07) is 8.48. The smallest absolute Gasteiger partial charge is 1.00 e. The molecule has 3 unspecified atom stereocenters. The second-order valence-corrected chi connectivity index (χ2v) is 8.31. The molecule has 0 spiro atoms. The van der Waals surface area contributed by atoms with Gasteiger partial charge in [0.05, 0.1) is 0 Å². The first-order chi connectivity index (χ1) is 13.2. The molecule has 0 N–H and O–H groups in total. The Morgan fingerprint density at radius 2 is 1.60 bits per heavy atom. The van der Waals surface area contributed by atoms with Crippen LogP contribution >= 0.6 is 18.5 Å². The van der Waals surface area contributed by atoms with Crippen LogP contribution < -0.4 is 88.9 Å². The van der Waals surface area contributed by atoms with Gasteiger partial charge in [-0.15, -0.1) is 24.9 Å². The van der Waals surface area contributed by atoms with Gasteiger partial charge in [0.1, 0.15) is 17.1 Å². The molecule has 0 aliphatic carbocycles. The zero-order chi connectivity index (χ0) is 21.0. The van der Waals surface area contributed by atoms with E-state index in [1.807, 2.05) is 19.9 Å². The van der Waals surface area contributed by atoms with Gasteiger partial charge in [-0.05, 0) is 69.0 Å². The summed E-state index contributed by atoms with van der Waals surface area (Å²) >= 11 is 0. The Kier molecular flexibility index (Phi) is 13.7. The molecule has 6 heteroatoms. The van der Waals surface area contributed by atoms with Crippen molar-refractivity contribution in [3.63, 3.8) is 0 Å². The van der Waals surface area contributed by atoms with Crippen LogP contribution in [0.2, 0.25) is 0 Å². The fourth-order valence-electron chi connectivity index (χ4n) is 3.03. The van der Waals surface area contributed by atoms with Gasteiger partial charge in [-0.1, -0.05) is 25.0 Å². The molecule has 0 amide bonds. The summed E-state index contributed by atoms with van der Waals surface area (Å²) in [5.74, 6) is 4.47. The van der Waals surface area contributed by atoms with E-state index in [0.29, 0.717) is 0 Å². The maximum atomic E-state index is 5.79. The molecule has 0 bridgehead atoms. The Balaban J connectivity index is 0.000000526. The number of fused-ring (bicyclic) bond motifs is 1. The van der Waals surface area contributed by atoms with Crippen molar-refractivity contribution in [2.45, 2.75) is 54.1 Å². The van der Waals surface area contributed by atoms with Crippen LogP contribution in [0.5, 0.6) is 5.75 Å². The maximum absolute atomic E-state index is 5.79. The largest absolute Gasteiger partial charge is 1.00 e. The zero-order valence-electron chi connectivity index (χ0n) is 19.0. The Morgan fingerprint density at radius 3 is 2.17 bits per heavy atom. The van der Waals surface area contributed by atoms with Gasteiger partial charge in [-0.3, -0.25) is 0 Å². The van der Waals surface area contributed by atoms with Crippen LogP contribution in [-0.2, 0) is 6.42 Å². The third-order valence-electron chi connectivity index (χ3n) is 4.69. The second kappa shape index (κ2) is 13.7. The summed E-state index contributed by atoms with van der Waals surface area (Å²) in [5, 5.41) is 3.51. The molecule has 0 saturated carbocycles. The number of halogens is 1. The standard InChI is InChI=1S/2C12H15OP.Cs.FH/c1-4-9-6-10-7(2)5-8(3)12(14)11(10)13-9;1-5-10(4)13-11-7-8(2)6-9(3)12(11)14;;/h5-6H,4,14H2,1-3H3;1,6-7,10H,14H2,2-4H3;;1H/q;;+1;/p-1. The number of benzene rings is 2. The zero-order valence-corrected chi connectivity index (χ0v) is 27.6. The van der Waals surface area contributed by atoms with Crippen LogP contribution in [0.4, 0.5) is 0 Å². The molecule has 3 aromatic rings. The minimum atomic E-state index is -0.185. The number of terminal acetylenes is 1.